The summed E-state index contributed by atoms with van der Waals surface area (Å²) < 4.78 is 50.7. The molecular formula is C22H24F3NO4. The van der Waals surface area contributed by atoms with Crippen LogP contribution in [0.1, 0.15) is 49.2 Å². The van der Waals surface area contributed by atoms with Crippen LogP contribution in [0.4, 0.5) is 18.0 Å². The number of nitrogens with one attached hydrogen (secondary N) is 1. The van der Waals surface area contributed by atoms with E-state index in [0.717, 1.165) is 12.1 Å². The predicted molar refractivity (Wildman–Crippen MR) is 106 cm³/mol. The minimum absolute atomic E-state index is 0.0251. The molecule has 0 aromatic heterocycles. The number of alkyl halides is 3. The van der Waals surface area contributed by atoms with E-state index in [1.54, 1.807) is 39.8 Å². The Morgan fingerprint density at radius 1 is 1.03 bits per heavy atom. The number of hydrogen-bond donors (Lipinski definition) is 1. The van der Waals surface area contributed by atoms with Gasteiger partial charge in [-0.25, -0.2) is 9.59 Å². The van der Waals surface area contributed by atoms with Crippen LogP contribution in [0.15, 0.2) is 42.5 Å². The van der Waals surface area contributed by atoms with Crippen LogP contribution < -0.4 is 5.32 Å². The molecule has 1 N–H and O–H groups in total. The number of esters is 1. The van der Waals surface area contributed by atoms with E-state index in [9.17, 15) is 22.8 Å². The second kappa shape index (κ2) is 9.19. The van der Waals surface area contributed by atoms with Crippen molar-refractivity contribution in [2.45, 2.75) is 46.0 Å². The smallest absolute Gasteiger partial charge is 0.417 e. The largest absolute Gasteiger partial charge is 0.462 e. The fourth-order valence-corrected chi connectivity index (χ4v) is 2.71. The molecule has 0 spiro atoms. The van der Waals surface area contributed by atoms with Gasteiger partial charge in [0, 0.05) is 6.54 Å². The van der Waals surface area contributed by atoms with Gasteiger partial charge >= 0.3 is 18.2 Å². The van der Waals surface area contributed by atoms with E-state index < -0.39 is 29.4 Å². The summed E-state index contributed by atoms with van der Waals surface area (Å²) in [6.07, 6.45) is -5.24. The molecule has 0 radical (unpaired) electrons. The third-order valence-corrected chi connectivity index (χ3v) is 3.91. The average Bonchev–Trinajstić information content (AvgIpc) is 2.64. The van der Waals surface area contributed by atoms with Gasteiger partial charge in [0.2, 0.25) is 0 Å². The Hall–Kier alpha value is -3.03. The maximum absolute atomic E-state index is 13.5. The van der Waals surface area contributed by atoms with Crippen molar-refractivity contribution in [3.63, 3.8) is 0 Å². The Balaban J connectivity index is 2.35. The molecule has 0 bridgehead atoms. The molecule has 162 valence electrons. The van der Waals surface area contributed by atoms with Crippen LogP contribution >= 0.6 is 0 Å². The van der Waals surface area contributed by atoms with Crippen molar-refractivity contribution in [2.75, 3.05) is 6.61 Å². The Bertz CT molecular complexity index is 917. The summed E-state index contributed by atoms with van der Waals surface area (Å²) in [6, 6.07) is 9.42. The zero-order chi connectivity index (χ0) is 22.5. The highest BCUT2D eigenvalue weighted by Gasteiger charge is 2.34. The standard InChI is InChI=1S/C22H24F3NO4/c1-5-29-19(27)16-9-10-18(22(23,24)25)17(12-16)15-8-6-7-14(11-15)13-26-20(28)30-21(2,3)4/h6-12H,5,13H2,1-4H3,(H,26,28). The van der Waals surface area contributed by atoms with Crippen LogP contribution in [-0.2, 0) is 22.2 Å². The molecule has 2 aromatic rings. The summed E-state index contributed by atoms with van der Waals surface area (Å²) in [7, 11) is 0. The summed E-state index contributed by atoms with van der Waals surface area (Å²) in [4.78, 5) is 23.8. The van der Waals surface area contributed by atoms with E-state index in [4.69, 9.17) is 9.47 Å². The van der Waals surface area contributed by atoms with E-state index >= 15 is 0 Å². The summed E-state index contributed by atoms with van der Waals surface area (Å²) in [5.41, 5.74) is -0.816. The van der Waals surface area contributed by atoms with Crippen molar-refractivity contribution in [2.24, 2.45) is 0 Å². The van der Waals surface area contributed by atoms with Gasteiger partial charge in [-0.1, -0.05) is 18.2 Å². The number of carbonyl (C=O) groups is 2. The van der Waals surface area contributed by atoms with E-state index in [1.165, 1.54) is 18.2 Å². The van der Waals surface area contributed by atoms with Crippen LogP contribution in [0.25, 0.3) is 11.1 Å². The van der Waals surface area contributed by atoms with Gasteiger partial charge < -0.3 is 14.8 Å². The fourth-order valence-electron chi connectivity index (χ4n) is 2.71. The van der Waals surface area contributed by atoms with Crippen LogP contribution in [0.2, 0.25) is 0 Å². The van der Waals surface area contributed by atoms with Crippen molar-refractivity contribution >= 4 is 12.1 Å². The van der Waals surface area contributed by atoms with Gasteiger partial charge in [-0.05, 0) is 68.7 Å². The number of halogens is 3. The number of alkyl carbamates (subject to hydrolysis) is 1. The second-order valence-corrected chi connectivity index (χ2v) is 7.53. The van der Waals surface area contributed by atoms with Gasteiger partial charge in [0.25, 0.3) is 0 Å². The minimum atomic E-state index is -4.60. The third-order valence-electron chi connectivity index (χ3n) is 3.91. The molecule has 0 aliphatic heterocycles. The van der Waals surface area contributed by atoms with Crippen LogP contribution in [0.3, 0.4) is 0 Å². The summed E-state index contributed by atoms with van der Waals surface area (Å²) in [6.45, 7) is 6.97. The molecule has 0 heterocycles. The molecule has 0 saturated heterocycles. The Morgan fingerprint density at radius 2 is 1.73 bits per heavy atom. The molecule has 0 aliphatic rings. The molecule has 2 aromatic carbocycles. The van der Waals surface area contributed by atoms with E-state index in [1.807, 2.05) is 0 Å². The van der Waals surface area contributed by atoms with E-state index in [2.05, 4.69) is 5.32 Å². The summed E-state index contributed by atoms with van der Waals surface area (Å²) >= 11 is 0. The molecule has 0 unspecified atom stereocenters. The highest BCUT2D eigenvalue weighted by atomic mass is 19.4. The van der Waals surface area contributed by atoms with Crippen LogP contribution in [0.5, 0.6) is 0 Å². The zero-order valence-corrected chi connectivity index (χ0v) is 17.2. The van der Waals surface area contributed by atoms with Gasteiger partial charge in [0.05, 0.1) is 17.7 Å². The summed E-state index contributed by atoms with van der Waals surface area (Å²) in [5.74, 6) is -0.699. The molecular weight excluding hydrogens is 399 g/mol. The van der Waals surface area contributed by atoms with E-state index in [0.29, 0.717) is 5.56 Å². The topological polar surface area (TPSA) is 64.6 Å². The minimum Gasteiger partial charge on any atom is -0.462 e. The second-order valence-electron chi connectivity index (χ2n) is 7.53. The molecule has 0 aliphatic carbocycles. The maximum Gasteiger partial charge on any atom is 0.417 e. The first-order valence-corrected chi connectivity index (χ1v) is 9.35. The molecule has 0 atom stereocenters. The highest BCUT2D eigenvalue weighted by Crippen LogP contribution is 2.38. The van der Waals surface area contributed by atoms with Gasteiger partial charge in [-0.15, -0.1) is 0 Å². The Labute approximate surface area is 173 Å². The number of ether oxygens (including phenoxy) is 2. The lowest BCUT2D eigenvalue weighted by Gasteiger charge is -2.20. The summed E-state index contributed by atoms with van der Waals surface area (Å²) in [5, 5.41) is 2.57. The third kappa shape index (κ3) is 6.50. The lowest BCUT2D eigenvalue weighted by atomic mass is 9.95. The molecule has 5 nitrogen and oxygen atoms in total. The van der Waals surface area contributed by atoms with Gasteiger partial charge in [-0.3, -0.25) is 0 Å². The predicted octanol–water partition coefficient (Wildman–Crippen LogP) is 5.57. The molecule has 2 rings (SSSR count). The lowest BCUT2D eigenvalue weighted by Crippen LogP contribution is -2.32. The van der Waals surface area contributed by atoms with Crippen LogP contribution in [0, 0.1) is 0 Å². The number of rotatable bonds is 5. The van der Waals surface area contributed by atoms with Gasteiger partial charge in [0.1, 0.15) is 5.60 Å². The highest BCUT2D eigenvalue weighted by molar-refractivity contribution is 5.91. The molecule has 0 fully saturated rings. The number of amides is 1. The van der Waals surface area contributed by atoms with Gasteiger partial charge in [0.15, 0.2) is 0 Å². The lowest BCUT2D eigenvalue weighted by molar-refractivity contribution is -0.137. The molecule has 8 heteroatoms. The Morgan fingerprint density at radius 3 is 2.33 bits per heavy atom. The van der Waals surface area contributed by atoms with Crippen molar-refractivity contribution in [1.29, 1.82) is 0 Å². The van der Waals surface area contributed by atoms with Crippen molar-refractivity contribution in [3.05, 3.63) is 59.2 Å². The molecule has 30 heavy (non-hydrogen) atoms. The number of carbonyl (C=O) groups excluding carboxylic acids is 2. The first kappa shape index (κ1) is 23.3. The first-order valence-electron chi connectivity index (χ1n) is 9.35. The number of benzene rings is 2. The Kier molecular flexibility index (Phi) is 7.12. The average molecular weight is 423 g/mol. The first-order chi connectivity index (χ1) is 13.9. The SMILES string of the molecule is CCOC(=O)c1ccc(C(F)(F)F)c(-c2cccc(CNC(=O)OC(C)(C)C)c2)c1. The maximum atomic E-state index is 13.5. The van der Waals surface area contributed by atoms with Crippen molar-refractivity contribution < 1.29 is 32.2 Å². The number of hydrogen-bond acceptors (Lipinski definition) is 4. The molecule has 1 amide bonds. The molecule has 0 saturated carbocycles. The van der Waals surface area contributed by atoms with Gasteiger partial charge in [-0.2, -0.15) is 13.2 Å². The van der Waals surface area contributed by atoms with E-state index in [-0.39, 0.29) is 29.8 Å². The van der Waals surface area contributed by atoms with Crippen molar-refractivity contribution in [1.82, 2.24) is 5.32 Å². The zero-order valence-electron chi connectivity index (χ0n) is 17.2. The quantitative estimate of drug-likeness (QED) is 0.638. The van der Waals surface area contributed by atoms with Crippen LogP contribution in [-0.4, -0.2) is 24.3 Å². The fraction of sp³-hybridized carbons (Fsp3) is 0.364. The van der Waals surface area contributed by atoms with Crippen molar-refractivity contribution in [3.8, 4) is 11.1 Å². The monoisotopic (exact) mass is 423 g/mol. The normalized spacial score (nSPS) is 11.7.